The number of aryl methyl sites for hydroxylation is 1. The first-order chi connectivity index (χ1) is 10.1. The highest BCUT2D eigenvalue weighted by Gasteiger charge is 2.09. The molecule has 6 heteroatoms. The minimum atomic E-state index is 0.458. The number of fused-ring (bicyclic) bond motifs is 1. The van der Waals surface area contributed by atoms with Gasteiger partial charge in [0, 0.05) is 23.2 Å². The number of ether oxygens (including phenoxy) is 1. The molecule has 2 heterocycles. The van der Waals surface area contributed by atoms with E-state index in [1.165, 1.54) is 0 Å². The van der Waals surface area contributed by atoms with Crippen LogP contribution in [-0.4, -0.2) is 21.9 Å². The van der Waals surface area contributed by atoms with Gasteiger partial charge in [-0.3, -0.25) is 4.68 Å². The molecule has 0 saturated carbocycles. The largest absolute Gasteiger partial charge is 0.497 e. The lowest BCUT2D eigenvalue weighted by atomic mass is 10.1. The molecule has 0 amide bonds. The van der Waals surface area contributed by atoms with Gasteiger partial charge < -0.3 is 4.74 Å². The standard InChI is InChI=1S/C15H13Cl2N3O/c1-9-13(16)8-20(19-9)7-11-5-10-3-4-12(21-2)6-14(10)18-15(11)17/h3-6,8H,7H2,1-2H3. The minimum Gasteiger partial charge on any atom is -0.497 e. The first-order valence-corrected chi connectivity index (χ1v) is 7.15. The van der Waals surface area contributed by atoms with Gasteiger partial charge >= 0.3 is 0 Å². The Kier molecular flexibility index (Phi) is 3.74. The molecule has 0 saturated heterocycles. The lowest BCUT2D eigenvalue weighted by Gasteiger charge is -2.07. The molecule has 2 aromatic heterocycles. The van der Waals surface area contributed by atoms with E-state index in [-0.39, 0.29) is 0 Å². The molecule has 0 fully saturated rings. The van der Waals surface area contributed by atoms with Crippen molar-refractivity contribution in [3.63, 3.8) is 0 Å². The second-order valence-electron chi connectivity index (χ2n) is 4.76. The molecule has 1 aromatic carbocycles. The summed E-state index contributed by atoms with van der Waals surface area (Å²) < 4.78 is 6.95. The third-order valence-electron chi connectivity index (χ3n) is 3.27. The van der Waals surface area contributed by atoms with Gasteiger partial charge in [0.05, 0.1) is 29.9 Å². The molecule has 0 aliphatic carbocycles. The smallest absolute Gasteiger partial charge is 0.134 e. The fraction of sp³-hybridized carbons (Fsp3) is 0.200. The summed E-state index contributed by atoms with van der Waals surface area (Å²) in [5.74, 6) is 0.758. The van der Waals surface area contributed by atoms with Crippen LogP contribution in [0.1, 0.15) is 11.3 Å². The second-order valence-corrected chi connectivity index (χ2v) is 5.52. The summed E-state index contributed by atoms with van der Waals surface area (Å²) in [6, 6.07) is 7.73. The third-order valence-corrected chi connectivity index (χ3v) is 3.97. The average molecular weight is 322 g/mol. The Hall–Kier alpha value is -1.78. The molecule has 0 spiro atoms. The Labute approximate surface area is 132 Å². The van der Waals surface area contributed by atoms with Crippen LogP contribution in [0.2, 0.25) is 10.2 Å². The lowest BCUT2D eigenvalue weighted by molar-refractivity contribution is 0.415. The number of rotatable bonds is 3. The molecule has 0 aliphatic rings. The summed E-state index contributed by atoms with van der Waals surface area (Å²) in [6.07, 6.45) is 1.78. The van der Waals surface area contributed by atoms with Gasteiger partial charge in [0.15, 0.2) is 0 Å². The molecule has 4 nitrogen and oxygen atoms in total. The number of nitrogens with zero attached hydrogens (tertiary/aromatic N) is 3. The molecule has 108 valence electrons. The zero-order valence-corrected chi connectivity index (χ0v) is 13.1. The quantitative estimate of drug-likeness (QED) is 0.682. The van der Waals surface area contributed by atoms with E-state index in [0.29, 0.717) is 16.7 Å². The van der Waals surface area contributed by atoms with Crippen molar-refractivity contribution in [2.45, 2.75) is 13.5 Å². The van der Waals surface area contributed by atoms with Crippen LogP contribution in [0.5, 0.6) is 5.75 Å². The van der Waals surface area contributed by atoms with E-state index in [4.69, 9.17) is 27.9 Å². The Morgan fingerprint density at radius 1 is 1.24 bits per heavy atom. The lowest BCUT2D eigenvalue weighted by Crippen LogP contribution is -2.02. The van der Waals surface area contributed by atoms with Gasteiger partial charge in [-0.25, -0.2) is 4.98 Å². The van der Waals surface area contributed by atoms with E-state index < -0.39 is 0 Å². The summed E-state index contributed by atoms with van der Waals surface area (Å²) in [6.45, 7) is 2.40. The van der Waals surface area contributed by atoms with Gasteiger partial charge in [0.2, 0.25) is 0 Å². The van der Waals surface area contributed by atoms with Crippen LogP contribution >= 0.6 is 23.2 Å². The molecule has 3 rings (SSSR count). The summed E-state index contributed by atoms with van der Waals surface area (Å²) in [4.78, 5) is 4.42. The number of halogens is 2. The van der Waals surface area contributed by atoms with E-state index in [9.17, 15) is 0 Å². The number of hydrogen-bond acceptors (Lipinski definition) is 3. The maximum absolute atomic E-state index is 6.27. The van der Waals surface area contributed by atoms with Crippen molar-refractivity contribution in [1.82, 2.24) is 14.8 Å². The number of pyridine rings is 1. The van der Waals surface area contributed by atoms with Gasteiger partial charge in [0.25, 0.3) is 0 Å². The molecule has 0 aliphatic heterocycles. The van der Waals surface area contributed by atoms with Crippen molar-refractivity contribution < 1.29 is 4.74 Å². The van der Waals surface area contributed by atoms with Crippen molar-refractivity contribution >= 4 is 34.1 Å². The summed E-state index contributed by atoms with van der Waals surface area (Å²) in [7, 11) is 1.63. The zero-order valence-electron chi connectivity index (χ0n) is 11.6. The molecule has 0 N–H and O–H groups in total. The number of aromatic nitrogens is 3. The summed E-state index contributed by atoms with van der Waals surface area (Å²) >= 11 is 12.3. The fourth-order valence-electron chi connectivity index (χ4n) is 2.15. The van der Waals surface area contributed by atoms with Crippen molar-refractivity contribution in [3.8, 4) is 5.75 Å². The highest BCUT2D eigenvalue weighted by atomic mass is 35.5. The van der Waals surface area contributed by atoms with Crippen LogP contribution in [0.15, 0.2) is 30.5 Å². The van der Waals surface area contributed by atoms with Crippen LogP contribution in [0.25, 0.3) is 10.9 Å². The molecular weight excluding hydrogens is 309 g/mol. The molecule has 21 heavy (non-hydrogen) atoms. The number of methoxy groups -OCH3 is 1. The molecular formula is C15H13Cl2N3O. The first kappa shape index (κ1) is 14.2. The molecule has 3 aromatic rings. The monoisotopic (exact) mass is 321 g/mol. The van der Waals surface area contributed by atoms with Gasteiger partial charge in [-0.15, -0.1) is 0 Å². The van der Waals surface area contributed by atoms with Gasteiger partial charge in [0.1, 0.15) is 10.9 Å². The third kappa shape index (κ3) is 2.82. The predicted molar refractivity (Wildman–Crippen MR) is 84.4 cm³/mol. The van der Waals surface area contributed by atoms with E-state index in [1.807, 2.05) is 31.2 Å². The average Bonchev–Trinajstić information content (AvgIpc) is 2.77. The normalized spacial score (nSPS) is 11.0. The molecule has 0 bridgehead atoms. The number of hydrogen-bond donors (Lipinski definition) is 0. The van der Waals surface area contributed by atoms with E-state index in [1.54, 1.807) is 18.0 Å². The van der Waals surface area contributed by atoms with Crippen LogP contribution < -0.4 is 4.74 Å². The van der Waals surface area contributed by atoms with E-state index >= 15 is 0 Å². The van der Waals surface area contributed by atoms with Crippen molar-refractivity contribution in [3.05, 3.63) is 51.9 Å². The summed E-state index contributed by atoms with van der Waals surface area (Å²) in [5, 5.41) is 6.44. The van der Waals surface area contributed by atoms with Crippen molar-refractivity contribution in [2.75, 3.05) is 7.11 Å². The van der Waals surface area contributed by atoms with E-state index in [0.717, 1.165) is 27.9 Å². The highest BCUT2D eigenvalue weighted by molar-refractivity contribution is 6.31. The van der Waals surface area contributed by atoms with Crippen molar-refractivity contribution in [2.24, 2.45) is 0 Å². The van der Waals surface area contributed by atoms with Crippen LogP contribution in [0.3, 0.4) is 0 Å². The highest BCUT2D eigenvalue weighted by Crippen LogP contribution is 2.25. The van der Waals surface area contributed by atoms with Gasteiger partial charge in [-0.1, -0.05) is 23.2 Å². The Morgan fingerprint density at radius 3 is 2.71 bits per heavy atom. The number of benzene rings is 1. The summed E-state index contributed by atoms with van der Waals surface area (Å²) in [5.41, 5.74) is 2.50. The van der Waals surface area contributed by atoms with Crippen LogP contribution in [0.4, 0.5) is 0 Å². The predicted octanol–water partition coefficient (Wildman–Crippen LogP) is 4.10. The molecule has 0 radical (unpaired) electrons. The van der Waals surface area contributed by atoms with Crippen LogP contribution in [-0.2, 0) is 6.54 Å². The van der Waals surface area contributed by atoms with Crippen molar-refractivity contribution in [1.29, 1.82) is 0 Å². The Morgan fingerprint density at radius 2 is 2.05 bits per heavy atom. The van der Waals surface area contributed by atoms with Gasteiger partial charge in [-0.2, -0.15) is 5.10 Å². The van der Waals surface area contributed by atoms with Crippen LogP contribution in [0, 0.1) is 6.92 Å². The maximum Gasteiger partial charge on any atom is 0.134 e. The van der Waals surface area contributed by atoms with Gasteiger partial charge in [-0.05, 0) is 25.1 Å². The maximum atomic E-state index is 6.27. The van der Waals surface area contributed by atoms with E-state index in [2.05, 4.69) is 10.1 Å². The SMILES string of the molecule is COc1ccc2cc(Cn3cc(Cl)c(C)n3)c(Cl)nc2c1. The topological polar surface area (TPSA) is 39.9 Å². The molecule has 0 atom stereocenters. The molecule has 0 unspecified atom stereocenters. The minimum absolute atomic E-state index is 0.458. The fourth-order valence-corrected chi connectivity index (χ4v) is 2.51. The first-order valence-electron chi connectivity index (χ1n) is 6.39. The Balaban J connectivity index is 2.00. The Bertz CT molecular complexity index is 795. The zero-order chi connectivity index (χ0) is 15.0. The second kappa shape index (κ2) is 5.54.